The van der Waals surface area contributed by atoms with Crippen LogP contribution >= 0.6 is 0 Å². The Balaban J connectivity index is 2.37. The number of aliphatic hydroxyl groups excluding tert-OH is 1. The fraction of sp³-hybridized carbons (Fsp3) is 0.917. The van der Waals surface area contributed by atoms with E-state index in [1.165, 1.54) is 0 Å². The molecule has 0 unspecified atom stereocenters. The van der Waals surface area contributed by atoms with Crippen LogP contribution in [0.4, 0.5) is 4.79 Å². The number of carbonyl (C=O) groups is 1. The lowest BCUT2D eigenvalue weighted by molar-refractivity contribution is 0.0485. The van der Waals surface area contributed by atoms with E-state index >= 15 is 0 Å². The molecule has 0 heterocycles. The lowest BCUT2D eigenvalue weighted by atomic mass is 10.1. The van der Waals surface area contributed by atoms with E-state index in [1.807, 2.05) is 20.8 Å². The Kier molecular flexibility index (Phi) is 4.59. The summed E-state index contributed by atoms with van der Waals surface area (Å²) in [5, 5.41) is 12.4. The molecule has 1 aliphatic rings. The van der Waals surface area contributed by atoms with Crippen molar-refractivity contribution < 1.29 is 14.6 Å². The fourth-order valence-corrected chi connectivity index (χ4v) is 1.94. The Hall–Kier alpha value is -0.770. The molecule has 4 nitrogen and oxygen atoms in total. The highest BCUT2D eigenvalue weighted by Crippen LogP contribution is 2.18. The van der Waals surface area contributed by atoms with Crippen LogP contribution in [-0.2, 0) is 4.74 Å². The van der Waals surface area contributed by atoms with Gasteiger partial charge in [-0.25, -0.2) is 4.79 Å². The van der Waals surface area contributed by atoms with Crippen LogP contribution in [-0.4, -0.2) is 28.9 Å². The highest BCUT2D eigenvalue weighted by molar-refractivity contribution is 5.68. The Morgan fingerprint density at radius 2 is 1.94 bits per heavy atom. The SMILES string of the molecule is CC(C)(C)OC(=O)N[C@@H]1CCCC[C@@H](O)C1. The van der Waals surface area contributed by atoms with Crippen molar-refractivity contribution in [1.82, 2.24) is 5.32 Å². The van der Waals surface area contributed by atoms with Crippen LogP contribution in [0.5, 0.6) is 0 Å². The number of rotatable bonds is 1. The molecule has 4 heteroatoms. The van der Waals surface area contributed by atoms with Crippen LogP contribution < -0.4 is 5.32 Å². The molecule has 1 fully saturated rings. The van der Waals surface area contributed by atoms with Gasteiger partial charge in [0.25, 0.3) is 0 Å². The summed E-state index contributed by atoms with van der Waals surface area (Å²) in [6.07, 6.45) is 3.82. The van der Waals surface area contributed by atoms with Crippen molar-refractivity contribution in [1.29, 1.82) is 0 Å². The number of aliphatic hydroxyl groups is 1. The van der Waals surface area contributed by atoms with E-state index in [-0.39, 0.29) is 18.2 Å². The van der Waals surface area contributed by atoms with Crippen molar-refractivity contribution in [2.75, 3.05) is 0 Å². The van der Waals surface area contributed by atoms with Crippen LogP contribution in [0, 0.1) is 0 Å². The average Bonchev–Trinajstić information content (AvgIpc) is 2.26. The Labute approximate surface area is 97.4 Å². The number of carbonyl (C=O) groups excluding carboxylic acids is 1. The van der Waals surface area contributed by atoms with E-state index in [1.54, 1.807) is 0 Å². The normalized spacial score (nSPS) is 27.0. The zero-order chi connectivity index (χ0) is 12.2. The summed E-state index contributed by atoms with van der Waals surface area (Å²) in [5.41, 5.74) is -0.465. The van der Waals surface area contributed by atoms with Crippen molar-refractivity contribution in [2.24, 2.45) is 0 Å². The highest BCUT2D eigenvalue weighted by Gasteiger charge is 2.22. The predicted molar refractivity (Wildman–Crippen MR) is 62.2 cm³/mol. The molecular formula is C12H23NO3. The minimum Gasteiger partial charge on any atom is -0.444 e. The topological polar surface area (TPSA) is 58.6 Å². The molecule has 0 saturated heterocycles. The number of hydrogen-bond acceptors (Lipinski definition) is 3. The first-order valence-corrected chi connectivity index (χ1v) is 6.04. The smallest absolute Gasteiger partial charge is 0.407 e. The average molecular weight is 229 g/mol. The molecule has 0 aromatic heterocycles. The van der Waals surface area contributed by atoms with Crippen molar-refractivity contribution in [3.63, 3.8) is 0 Å². The molecule has 0 radical (unpaired) electrons. The summed E-state index contributed by atoms with van der Waals surface area (Å²) in [6.45, 7) is 5.53. The molecule has 1 aliphatic carbocycles. The van der Waals surface area contributed by atoms with Crippen molar-refractivity contribution in [2.45, 2.75) is 70.6 Å². The number of ether oxygens (including phenoxy) is 1. The highest BCUT2D eigenvalue weighted by atomic mass is 16.6. The summed E-state index contributed by atoms with van der Waals surface area (Å²) in [6, 6.07) is 0.0485. The van der Waals surface area contributed by atoms with Gasteiger partial charge >= 0.3 is 6.09 Å². The van der Waals surface area contributed by atoms with Gasteiger partial charge in [0.15, 0.2) is 0 Å². The summed E-state index contributed by atoms with van der Waals surface area (Å²) >= 11 is 0. The van der Waals surface area contributed by atoms with Gasteiger partial charge in [-0.1, -0.05) is 12.8 Å². The summed E-state index contributed by atoms with van der Waals surface area (Å²) < 4.78 is 5.18. The second-order valence-electron chi connectivity index (χ2n) is 5.52. The van der Waals surface area contributed by atoms with E-state index in [0.717, 1.165) is 25.7 Å². The predicted octanol–water partition coefficient (Wildman–Crippen LogP) is 2.20. The first-order valence-electron chi connectivity index (χ1n) is 6.04. The molecule has 2 N–H and O–H groups in total. The van der Waals surface area contributed by atoms with Gasteiger partial charge in [0.05, 0.1) is 6.10 Å². The zero-order valence-corrected chi connectivity index (χ0v) is 10.5. The summed E-state index contributed by atoms with van der Waals surface area (Å²) in [4.78, 5) is 11.5. The van der Waals surface area contributed by atoms with Gasteiger partial charge in [0.1, 0.15) is 5.60 Å². The molecule has 1 saturated carbocycles. The van der Waals surface area contributed by atoms with Gasteiger partial charge < -0.3 is 15.2 Å². The van der Waals surface area contributed by atoms with Gasteiger partial charge in [-0.05, 0) is 40.0 Å². The molecular weight excluding hydrogens is 206 g/mol. The molecule has 0 bridgehead atoms. The maximum atomic E-state index is 11.5. The standard InChI is InChI=1S/C12H23NO3/c1-12(2,3)16-11(15)13-9-6-4-5-7-10(14)8-9/h9-10,14H,4-8H2,1-3H3,(H,13,15)/t9-,10-/m1/s1. The number of hydrogen-bond donors (Lipinski definition) is 2. The Morgan fingerprint density at radius 1 is 1.31 bits per heavy atom. The molecule has 0 aromatic rings. The zero-order valence-electron chi connectivity index (χ0n) is 10.5. The fourth-order valence-electron chi connectivity index (χ4n) is 1.94. The van der Waals surface area contributed by atoms with Crippen LogP contribution in [0.1, 0.15) is 52.9 Å². The van der Waals surface area contributed by atoms with Crippen molar-refractivity contribution in [3.8, 4) is 0 Å². The van der Waals surface area contributed by atoms with Crippen LogP contribution in [0.15, 0.2) is 0 Å². The van der Waals surface area contributed by atoms with E-state index in [0.29, 0.717) is 6.42 Å². The maximum Gasteiger partial charge on any atom is 0.407 e. The number of amides is 1. The monoisotopic (exact) mass is 229 g/mol. The Bertz CT molecular complexity index is 235. The number of alkyl carbamates (subject to hydrolysis) is 1. The van der Waals surface area contributed by atoms with E-state index in [2.05, 4.69) is 5.32 Å². The van der Waals surface area contributed by atoms with Gasteiger partial charge in [-0.2, -0.15) is 0 Å². The van der Waals surface area contributed by atoms with Gasteiger partial charge in [0.2, 0.25) is 0 Å². The van der Waals surface area contributed by atoms with Crippen LogP contribution in [0.3, 0.4) is 0 Å². The first-order chi connectivity index (χ1) is 7.37. The van der Waals surface area contributed by atoms with E-state index in [9.17, 15) is 9.90 Å². The lowest BCUT2D eigenvalue weighted by Gasteiger charge is -2.23. The van der Waals surface area contributed by atoms with Crippen molar-refractivity contribution >= 4 is 6.09 Å². The van der Waals surface area contributed by atoms with Crippen molar-refractivity contribution in [3.05, 3.63) is 0 Å². The summed E-state index contributed by atoms with van der Waals surface area (Å²) in [7, 11) is 0. The van der Waals surface area contributed by atoms with Gasteiger partial charge in [-0.3, -0.25) is 0 Å². The molecule has 0 aromatic carbocycles. The van der Waals surface area contributed by atoms with Gasteiger partial charge in [0, 0.05) is 6.04 Å². The summed E-state index contributed by atoms with van der Waals surface area (Å²) in [5.74, 6) is 0. The van der Waals surface area contributed by atoms with Crippen LogP contribution in [0.25, 0.3) is 0 Å². The van der Waals surface area contributed by atoms with E-state index in [4.69, 9.17) is 4.74 Å². The molecule has 16 heavy (non-hydrogen) atoms. The number of nitrogens with one attached hydrogen (secondary N) is 1. The third-order valence-electron chi connectivity index (χ3n) is 2.62. The Morgan fingerprint density at radius 3 is 2.56 bits per heavy atom. The molecule has 2 atom stereocenters. The molecule has 0 spiro atoms. The molecule has 1 rings (SSSR count). The second kappa shape index (κ2) is 5.53. The second-order valence-corrected chi connectivity index (χ2v) is 5.52. The molecule has 94 valence electrons. The third-order valence-corrected chi connectivity index (χ3v) is 2.62. The minimum atomic E-state index is -0.465. The minimum absolute atomic E-state index is 0.0485. The first kappa shape index (κ1) is 13.3. The third kappa shape index (κ3) is 5.35. The quantitative estimate of drug-likeness (QED) is 0.678. The van der Waals surface area contributed by atoms with Crippen LogP contribution in [0.2, 0.25) is 0 Å². The van der Waals surface area contributed by atoms with E-state index < -0.39 is 5.60 Å². The largest absolute Gasteiger partial charge is 0.444 e. The molecule has 1 amide bonds. The maximum absolute atomic E-state index is 11.5. The van der Waals surface area contributed by atoms with Gasteiger partial charge in [-0.15, -0.1) is 0 Å². The lowest BCUT2D eigenvalue weighted by Crippen LogP contribution is -2.40. The molecule has 0 aliphatic heterocycles.